The Kier molecular flexibility index (Phi) is 285000000. The Morgan fingerprint density at radius 1 is 0.182 bits per heavy atom. The standard InChI is InChI=1S/Cr.10H2O/h;10*1H2. The molecule has 0 amide bonds. The van der Waals surface area contributed by atoms with Gasteiger partial charge in [-0.1, -0.05) is 0 Å². The van der Waals surface area contributed by atoms with Crippen LogP contribution in [0.2, 0.25) is 0 Å². The van der Waals surface area contributed by atoms with Crippen molar-refractivity contribution in [2.75, 3.05) is 0 Å². The summed E-state index contributed by atoms with van der Waals surface area (Å²) in [5, 5.41) is 0. The Morgan fingerprint density at radius 2 is 0.182 bits per heavy atom. The van der Waals surface area contributed by atoms with Gasteiger partial charge in [0.15, 0.2) is 0 Å². The van der Waals surface area contributed by atoms with Gasteiger partial charge < -0.3 is 54.8 Å². The predicted octanol–water partition coefficient (Wildman–Crippen LogP) is -8.25. The predicted molar refractivity (Wildman–Crippen MR) is 36.1 cm³/mol. The Hall–Kier alpha value is 0.132. The van der Waals surface area contributed by atoms with Crippen molar-refractivity contribution in [3.63, 3.8) is 0 Å². The van der Waals surface area contributed by atoms with Crippen molar-refractivity contribution >= 4 is 0 Å². The van der Waals surface area contributed by atoms with Gasteiger partial charge in [-0.05, 0) is 0 Å². The van der Waals surface area contributed by atoms with Crippen molar-refractivity contribution < 1.29 is 72.1 Å². The fourth-order valence-corrected chi connectivity index (χ4v) is 0. The second-order valence-corrected chi connectivity index (χ2v) is 0. The van der Waals surface area contributed by atoms with Crippen molar-refractivity contribution in [3.05, 3.63) is 0 Å². The first-order chi connectivity index (χ1) is 0. The molecule has 0 heterocycles. The molecule has 0 spiro atoms. The first kappa shape index (κ1) is 65100. The van der Waals surface area contributed by atoms with E-state index in [0.717, 1.165) is 0 Å². The van der Waals surface area contributed by atoms with E-state index in [0.29, 0.717) is 0 Å². The summed E-state index contributed by atoms with van der Waals surface area (Å²) >= 11 is 0. The molecule has 0 rings (SSSR count). The Balaban J connectivity index is 0. The van der Waals surface area contributed by atoms with E-state index in [1.807, 2.05) is 0 Å². The van der Waals surface area contributed by atoms with E-state index < -0.39 is 0 Å². The molecule has 0 saturated heterocycles. The molecule has 0 aromatic heterocycles. The van der Waals surface area contributed by atoms with E-state index in [2.05, 4.69) is 0 Å². The van der Waals surface area contributed by atoms with Gasteiger partial charge in [0.2, 0.25) is 0 Å². The van der Waals surface area contributed by atoms with E-state index in [9.17, 15) is 0 Å². The van der Waals surface area contributed by atoms with Gasteiger partial charge in [-0.2, -0.15) is 0 Å². The van der Waals surface area contributed by atoms with Gasteiger partial charge in [0.1, 0.15) is 0 Å². The summed E-state index contributed by atoms with van der Waals surface area (Å²) in [5.74, 6) is 0. The van der Waals surface area contributed by atoms with Crippen LogP contribution >= 0.6 is 0 Å². The van der Waals surface area contributed by atoms with Crippen LogP contribution in [0.3, 0.4) is 0 Å². The molecule has 0 aliphatic carbocycles. The van der Waals surface area contributed by atoms with Gasteiger partial charge in [-0.3, -0.25) is 0 Å². The van der Waals surface area contributed by atoms with Crippen LogP contribution in [0, 0.1) is 0 Å². The topological polar surface area (TPSA) is 315 Å². The average molecular weight is 232 g/mol. The van der Waals surface area contributed by atoms with Crippen molar-refractivity contribution in [1.29, 1.82) is 0 Å². The van der Waals surface area contributed by atoms with Gasteiger partial charge in [-0.15, -0.1) is 0 Å². The maximum absolute atomic E-state index is 0. The molecule has 20 N–H and O–H groups in total. The smallest absolute Gasteiger partial charge is 0 e. The molecule has 0 radical (unpaired) electrons. The van der Waals surface area contributed by atoms with Crippen LogP contribution in [0.15, 0.2) is 0 Å². The first-order valence-corrected chi connectivity index (χ1v) is 0. The SMILES string of the molecule is O.O.O.O.O.O.O.O.O.O.[Cr]. The van der Waals surface area contributed by atoms with Gasteiger partial charge in [0.25, 0.3) is 0 Å². The molecule has 0 aliphatic heterocycles. The molecule has 0 atom stereocenters. The largest absolute Gasteiger partial charge is 0.412 e. The van der Waals surface area contributed by atoms with Gasteiger partial charge in [-0.25, -0.2) is 0 Å². The van der Waals surface area contributed by atoms with Crippen molar-refractivity contribution in [3.8, 4) is 0 Å². The van der Waals surface area contributed by atoms with Gasteiger partial charge in [0.05, 0.1) is 0 Å². The van der Waals surface area contributed by atoms with Crippen LogP contribution in [0.1, 0.15) is 0 Å². The molecule has 0 aliphatic rings. The van der Waals surface area contributed by atoms with E-state index in [4.69, 9.17) is 0 Å². The van der Waals surface area contributed by atoms with E-state index >= 15 is 0 Å². The number of hydrogen-bond donors (Lipinski definition) is 0. The molecular weight excluding hydrogens is 212 g/mol. The van der Waals surface area contributed by atoms with Crippen LogP contribution in [-0.4, -0.2) is 54.8 Å². The normalized spacial score (nSPS) is 0. The summed E-state index contributed by atoms with van der Waals surface area (Å²) in [4.78, 5) is 0. The summed E-state index contributed by atoms with van der Waals surface area (Å²) in [6, 6.07) is 0. The van der Waals surface area contributed by atoms with Crippen LogP contribution in [0.4, 0.5) is 0 Å². The van der Waals surface area contributed by atoms with E-state index in [1.165, 1.54) is 0 Å². The Labute approximate surface area is 73.0 Å². The molecule has 0 unspecified atom stereocenters. The fourth-order valence-electron chi connectivity index (χ4n) is 0. The van der Waals surface area contributed by atoms with E-state index in [-0.39, 0.29) is 72.1 Å². The van der Waals surface area contributed by atoms with Crippen molar-refractivity contribution in [2.45, 2.75) is 0 Å². The molecule has 0 aromatic carbocycles. The molecular formula is H20CrO10. The maximum atomic E-state index is 0. The molecule has 11 heavy (non-hydrogen) atoms. The second kappa shape index (κ2) is 48200. The third-order valence-corrected chi connectivity index (χ3v) is 0. The van der Waals surface area contributed by atoms with Crippen LogP contribution < -0.4 is 0 Å². The maximum Gasteiger partial charge on any atom is 0 e. The van der Waals surface area contributed by atoms with Crippen molar-refractivity contribution in [2.24, 2.45) is 0 Å². The van der Waals surface area contributed by atoms with Crippen molar-refractivity contribution in [1.82, 2.24) is 0 Å². The monoisotopic (exact) mass is 232 g/mol. The summed E-state index contributed by atoms with van der Waals surface area (Å²) in [5.41, 5.74) is 0. The minimum atomic E-state index is 0. The number of rotatable bonds is 0. The quantitative estimate of drug-likeness (QED) is 0.375. The van der Waals surface area contributed by atoms with Gasteiger partial charge >= 0.3 is 0 Å². The summed E-state index contributed by atoms with van der Waals surface area (Å²) < 4.78 is 0. The minimum Gasteiger partial charge on any atom is -0.412 e. The third-order valence-electron chi connectivity index (χ3n) is 0. The zero-order valence-electron chi connectivity index (χ0n) is 5.41. The number of hydrogen-bond acceptors (Lipinski definition) is 0. The van der Waals surface area contributed by atoms with E-state index in [1.54, 1.807) is 0 Å². The molecule has 0 fully saturated rings. The molecule has 0 aromatic rings. The molecule has 10 nitrogen and oxygen atoms in total. The Bertz CT molecular complexity index is 4.83. The zero-order valence-corrected chi connectivity index (χ0v) is 6.68. The van der Waals surface area contributed by atoms with Crippen LogP contribution in [0.5, 0.6) is 0 Å². The van der Waals surface area contributed by atoms with Crippen LogP contribution in [0.25, 0.3) is 0 Å². The second-order valence-electron chi connectivity index (χ2n) is 0. The Morgan fingerprint density at radius 3 is 0.182 bits per heavy atom. The molecule has 11 heteroatoms. The first-order valence-electron chi connectivity index (χ1n) is 0. The molecule has 0 saturated carbocycles. The summed E-state index contributed by atoms with van der Waals surface area (Å²) in [6.45, 7) is 0. The molecule has 86 valence electrons. The minimum absolute atomic E-state index is 0. The van der Waals surface area contributed by atoms with Crippen LogP contribution in [-0.2, 0) is 17.4 Å². The summed E-state index contributed by atoms with van der Waals surface area (Å²) in [7, 11) is 0. The van der Waals surface area contributed by atoms with Gasteiger partial charge in [0, 0.05) is 17.4 Å². The zero-order chi connectivity index (χ0) is 0. The summed E-state index contributed by atoms with van der Waals surface area (Å²) in [6.07, 6.45) is 0. The average Bonchev–Trinajstić information content (AvgIpc) is 0. The molecule has 0 bridgehead atoms. The fraction of sp³-hybridized carbons (Fsp3) is 0. The third kappa shape index (κ3) is 38200.